The van der Waals surface area contributed by atoms with E-state index in [4.69, 9.17) is 17.2 Å². The summed E-state index contributed by atoms with van der Waals surface area (Å²) in [6.07, 6.45) is 7.02. The zero-order valence-electron chi connectivity index (χ0n) is 12.8. The van der Waals surface area contributed by atoms with E-state index in [0.717, 1.165) is 49.3 Å². The zero-order chi connectivity index (χ0) is 14.8. The van der Waals surface area contributed by atoms with Crippen molar-refractivity contribution in [2.24, 2.45) is 0 Å². The van der Waals surface area contributed by atoms with Gasteiger partial charge in [-0.1, -0.05) is 13.3 Å². The largest absolute Gasteiger partial charge is 0.300 e. The van der Waals surface area contributed by atoms with Crippen molar-refractivity contribution >= 4 is 12.2 Å². The maximum absolute atomic E-state index is 5.37. The molecule has 0 aromatic carbocycles. The smallest absolute Gasteiger partial charge is 0.195 e. The third kappa shape index (κ3) is 2.79. The number of aryl methyl sites for hydroxylation is 3. The Morgan fingerprint density at radius 1 is 1.33 bits per heavy atom. The van der Waals surface area contributed by atoms with E-state index in [2.05, 4.69) is 34.7 Å². The summed E-state index contributed by atoms with van der Waals surface area (Å²) in [5, 5.41) is 7.39. The van der Waals surface area contributed by atoms with Crippen molar-refractivity contribution < 1.29 is 0 Å². The molecule has 2 heterocycles. The lowest BCUT2D eigenvalue weighted by atomic mass is 9.94. The highest BCUT2D eigenvalue weighted by molar-refractivity contribution is 7.71. The normalized spacial score (nSPS) is 14.2. The number of H-pyrrole nitrogens is 1. The molecule has 1 N–H and O–H groups in total. The molecular weight excluding hydrogens is 280 g/mol. The highest BCUT2D eigenvalue weighted by Crippen LogP contribution is 2.27. The Morgan fingerprint density at radius 3 is 2.95 bits per heavy atom. The van der Waals surface area contributed by atoms with Crippen LogP contribution in [0.3, 0.4) is 0 Å². The van der Waals surface area contributed by atoms with Gasteiger partial charge in [-0.05, 0) is 62.9 Å². The standard InChI is InChI=1S/C16H22N4S/c1-3-4-9-20-15(18-19-16(20)21)13-10-12-7-5-6-8-14(12)17-11(13)2/h10H,3-9H2,1-2H3,(H,19,21). The zero-order valence-corrected chi connectivity index (χ0v) is 13.6. The molecule has 112 valence electrons. The van der Waals surface area contributed by atoms with E-state index in [9.17, 15) is 0 Å². The average Bonchev–Trinajstić information content (AvgIpc) is 2.85. The van der Waals surface area contributed by atoms with Crippen LogP contribution in [-0.2, 0) is 19.4 Å². The maximum atomic E-state index is 5.37. The molecule has 5 heteroatoms. The number of fused-ring (bicyclic) bond motifs is 1. The quantitative estimate of drug-likeness (QED) is 0.869. The fraction of sp³-hybridized carbons (Fsp3) is 0.562. The predicted octanol–water partition coefficient (Wildman–Crippen LogP) is 3.99. The van der Waals surface area contributed by atoms with Gasteiger partial charge in [-0.25, -0.2) is 0 Å². The summed E-state index contributed by atoms with van der Waals surface area (Å²) in [5.74, 6) is 0.937. The van der Waals surface area contributed by atoms with Gasteiger partial charge in [-0.15, -0.1) is 0 Å². The summed E-state index contributed by atoms with van der Waals surface area (Å²) in [7, 11) is 0. The van der Waals surface area contributed by atoms with Crippen LogP contribution in [0.25, 0.3) is 11.4 Å². The van der Waals surface area contributed by atoms with Crippen molar-refractivity contribution in [3.05, 3.63) is 27.8 Å². The number of unbranched alkanes of at least 4 members (excludes halogenated alkanes) is 1. The van der Waals surface area contributed by atoms with Crippen LogP contribution < -0.4 is 0 Å². The molecule has 0 amide bonds. The number of pyridine rings is 1. The molecule has 0 spiro atoms. The summed E-state index contributed by atoms with van der Waals surface area (Å²) in [6, 6.07) is 2.28. The van der Waals surface area contributed by atoms with Gasteiger partial charge in [-0.2, -0.15) is 5.10 Å². The fourth-order valence-electron chi connectivity index (χ4n) is 3.01. The third-order valence-corrected chi connectivity index (χ3v) is 4.54. The number of nitrogens with one attached hydrogen (secondary N) is 1. The Bertz CT molecular complexity index is 699. The second kappa shape index (κ2) is 6.10. The first-order valence-corrected chi connectivity index (χ1v) is 8.26. The van der Waals surface area contributed by atoms with Gasteiger partial charge < -0.3 is 4.57 Å². The molecule has 0 unspecified atom stereocenters. The molecular formula is C16H22N4S. The van der Waals surface area contributed by atoms with Crippen molar-refractivity contribution in [2.45, 2.75) is 58.9 Å². The van der Waals surface area contributed by atoms with Gasteiger partial charge in [0.1, 0.15) is 0 Å². The fourth-order valence-corrected chi connectivity index (χ4v) is 3.23. The lowest BCUT2D eigenvalue weighted by Crippen LogP contribution is -2.09. The molecule has 0 saturated carbocycles. The number of hydrogen-bond donors (Lipinski definition) is 1. The van der Waals surface area contributed by atoms with Crippen LogP contribution in [0.4, 0.5) is 0 Å². The number of rotatable bonds is 4. The summed E-state index contributed by atoms with van der Waals surface area (Å²) in [5.41, 5.74) is 4.84. The molecule has 0 aliphatic heterocycles. The van der Waals surface area contributed by atoms with Crippen molar-refractivity contribution in [1.29, 1.82) is 0 Å². The second-order valence-electron chi connectivity index (χ2n) is 5.79. The number of aromatic amines is 1. The van der Waals surface area contributed by atoms with E-state index in [-0.39, 0.29) is 0 Å². The molecule has 2 aromatic rings. The summed E-state index contributed by atoms with van der Waals surface area (Å²) in [6.45, 7) is 5.18. The summed E-state index contributed by atoms with van der Waals surface area (Å²) >= 11 is 5.37. The van der Waals surface area contributed by atoms with Crippen LogP contribution in [0.1, 0.15) is 49.6 Å². The first-order chi connectivity index (χ1) is 10.2. The molecule has 4 nitrogen and oxygen atoms in total. The van der Waals surface area contributed by atoms with Gasteiger partial charge in [0.15, 0.2) is 10.6 Å². The first kappa shape index (κ1) is 14.4. The molecule has 0 fully saturated rings. The van der Waals surface area contributed by atoms with E-state index in [0.29, 0.717) is 4.77 Å². The molecule has 0 saturated heterocycles. The maximum Gasteiger partial charge on any atom is 0.195 e. The van der Waals surface area contributed by atoms with E-state index in [1.54, 1.807) is 0 Å². The molecule has 0 atom stereocenters. The molecule has 2 aromatic heterocycles. The minimum atomic E-state index is 0.704. The summed E-state index contributed by atoms with van der Waals surface area (Å²) in [4.78, 5) is 4.82. The second-order valence-corrected chi connectivity index (χ2v) is 6.18. The lowest BCUT2D eigenvalue weighted by Gasteiger charge is -2.17. The van der Waals surface area contributed by atoms with Crippen molar-refractivity contribution in [2.75, 3.05) is 0 Å². The molecule has 21 heavy (non-hydrogen) atoms. The number of nitrogens with zero attached hydrogens (tertiary/aromatic N) is 3. The van der Waals surface area contributed by atoms with Crippen molar-refractivity contribution in [3.63, 3.8) is 0 Å². The lowest BCUT2D eigenvalue weighted by molar-refractivity contribution is 0.627. The minimum absolute atomic E-state index is 0.704. The Balaban J connectivity index is 2.06. The highest BCUT2D eigenvalue weighted by atomic mass is 32.1. The topological polar surface area (TPSA) is 46.5 Å². The highest BCUT2D eigenvalue weighted by Gasteiger charge is 2.17. The Labute approximate surface area is 130 Å². The number of aromatic nitrogens is 4. The van der Waals surface area contributed by atoms with Gasteiger partial charge in [0.25, 0.3) is 0 Å². The number of hydrogen-bond acceptors (Lipinski definition) is 3. The van der Waals surface area contributed by atoms with Crippen LogP contribution in [0.15, 0.2) is 6.07 Å². The molecule has 0 bridgehead atoms. The van der Waals surface area contributed by atoms with Gasteiger partial charge in [0.05, 0.1) is 0 Å². The Kier molecular flexibility index (Phi) is 4.19. The van der Waals surface area contributed by atoms with Gasteiger partial charge in [-0.3, -0.25) is 10.1 Å². The van der Waals surface area contributed by atoms with Crippen LogP contribution in [0.2, 0.25) is 0 Å². The first-order valence-electron chi connectivity index (χ1n) is 7.85. The molecule has 1 aliphatic carbocycles. The van der Waals surface area contributed by atoms with E-state index >= 15 is 0 Å². The van der Waals surface area contributed by atoms with E-state index in [1.807, 2.05) is 0 Å². The molecule has 1 aliphatic rings. The van der Waals surface area contributed by atoms with Crippen LogP contribution in [0.5, 0.6) is 0 Å². The monoisotopic (exact) mass is 302 g/mol. The van der Waals surface area contributed by atoms with E-state index in [1.165, 1.54) is 24.1 Å². The van der Waals surface area contributed by atoms with Crippen LogP contribution in [0, 0.1) is 11.7 Å². The van der Waals surface area contributed by atoms with Gasteiger partial charge >= 0.3 is 0 Å². The van der Waals surface area contributed by atoms with Crippen LogP contribution >= 0.6 is 12.2 Å². The molecule has 0 radical (unpaired) electrons. The predicted molar refractivity (Wildman–Crippen MR) is 86.9 cm³/mol. The van der Waals surface area contributed by atoms with Gasteiger partial charge in [0, 0.05) is 23.5 Å². The SMILES string of the molecule is CCCCn1c(-c2cc3c(nc2C)CCCC3)n[nH]c1=S. The minimum Gasteiger partial charge on any atom is -0.300 e. The Morgan fingerprint density at radius 2 is 2.14 bits per heavy atom. The Hall–Kier alpha value is -1.49. The van der Waals surface area contributed by atoms with E-state index < -0.39 is 0 Å². The average molecular weight is 302 g/mol. The van der Waals surface area contributed by atoms with Crippen molar-refractivity contribution in [1.82, 2.24) is 19.7 Å². The summed E-state index contributed by atoms with van der Waals surface area (Å²) < 4.78 is 2.81. The van der Waals surface area contributed by atoms with Crippen molar-refractivity contribution in [3.8, 4) is 11.4 Å². The molecule has 3 rings (SSSR count). The van der Waals surface area contributed by atoms with Crippen LogP contribution in [-0.4, -0.2) is 19.7 Å². The third-order valence-electron chi connectivity index (χ3n) is 4.23. The van der Waals surface area contributed by atoms with Gasteiger partial charge in [0.2, 0.25) is 0 Å².